The minimum absolute atomic E-state index is 0.521. The van der Waals surface area contributed by atoms with Crippen LogP contribution >= 0.6 is 24.0 Å². The van der Waals surface area contributed by atoms with Gasteiger partial charge in [-0.05, 0) is 44.8 Å². The molecule has 0 atom stereocenters. The van der Waals surface area contributed by atoms with Crippen LogP contribution in [0.2, 0.25) is 0 Å². The van der Waals surface area contributed by atoms with Gasteiger partial charge in [-0.1, -0.05) is 45.8 Å². The van der Waals surface area contributed by atoms with Crippen LogP contribution in [-0.2, 0) is 0 Å². The molecule has 0 heterocycles. The molecule has 0 saturated heterocycles. The molecule has 0 unspecified atom stereocenters. The Morgan fingerprint density at radius 2 is 1.65 bits per heavy atom. The van der Waals surface area contributed by atoms with Crippen molar-refractivity contribution in [2.75, 3.05) is 6.26 Å². The molecule has 1 saturated carbocycles. The smallest absolute Gasteiger partial charge is 0.0444 e. The minimum atomic E-state index is 0.521. The largest absolute Gasteiger partial charge is 0.328 e. The van der Waals surface area contributed by atoms with Crippen molar-refractivity contribution >= 4 is 28.2 Å². The lowest BCUT2D eigenvalue weighted by Gasteiger charge is -2.25. The molecule has 0 bridgehead atoms. The zero-order valence-electron chi connectivity index (χ0n) is 12.3. The lowest BCUT2D eigenvalue weighted by molar-refractivity contribution is 0.309. The standard InChI is InChI=1S/C9H19N.C3H6S2.C2H6/c1-2-3-8-4-6-9(10)7-5-8;1-3(4)5-2;1-2/h8-9H,2-7,10H2,1H3;1-2H3;1-2H3. The summed E-state index contributed by atoms with van der Waals surface area (Å²) in [6.45, 7) is 8.19. The van der Waals surface area contributed by atoms with E-state index in [9.17, 15) is 0 Å². The first kappa shape index (κ1) is 19.7. The van der Waals surface area contributed by atoms with Gasteiger partial charge in [0.1, 0.15) is 0 Å². The second-order valence-electron chi connectivity index (χ2n) is 4.27. The highest BCUT2D eigenvalue weighted by molar-refractivity contribution is 8.22. The maximum Gasteiger partial charge on any atom is 0.0444 e. The van der Waals surface area contributed by atoms with Crippen molar-refractivity contribution in [2.24, 2.45) is 11.7 Å². The Morgan fingerprint density at radius 3 is 1.94 bits per heavy atom. The van der Waals surface area contributed by atoms with Crippen LogP contribution in [0.15, 0.2) is 0 Å². The molecule has 104 valence electrons. The number of thiocarbonyl (C=S) groups is 1. The maximum absolute atomic E-state index is 5.79. The van der Waals surface area contributed by atoms with Gasteiger partial charge in [0.25, 0.3) is 0 Å². The van der Waals surface area contributed by atoms with Gasteiger partial charge in [0.15, 0.2) is 0 Å². The predicted molar refractivity (Wildman–Crippen MR) is 88.0 cm³/mol. The SMILES string of the molecule is CC.CCCC1CCC(N)CC1.CSC(C)=S. The molecule has 1 fully saturated rings. The zero-order valence-corrected chi connectivity index (χ0v) is 13.9. The molecule has 0 aliphatic heterocycles. The summed E-state index contributed by atoms with van der Waals surface area (Å²) in [6, 6.07) is 0.521. The quantitative estimate of drug-likeness (QED) is 0.717. The summed E-state index contributed by atoms with van der Waals surface area (Å²) >= 11 is 6.27. The number of rotatable bonds is 2. The molecule has 1 nitrogen and oxygen atoms in total. The topological polar surface area (TPSA) is 26.0 Å². The Kier molecular flexibility index (Phi) is 16.8. The van der Waals surface area contributed by atoms with Crippen molar-refractivity contribution in [1.82, 2.24) is 0 Å². The van der Waals surface area contributed by atoms with E-state index in [0.717, 1.165) is 10.1 Å². The van der Waals surface area contributed by atoms with Gasteiger partial charge in [-0.2, -0.15) is 0 Å². The highest BCUT2D eigenvalue weighted by atomic mass is 32.2. The van der Waals surface area contributed by atoms with Crippen LogP contribution in [0.3, 0.4) is 0 Å². The summed E-state index contributed by atoms with van der Waals surface area (Å²) < 4.78 is 1.00. The molecular formula is C14H31NS2. The van der Waals surface area contributed by atoms with E-state index in [1.165, 1.54) is 38.5 Å². The van der Waals surface area contributed by atoms with Gasteiger partial charge in [-0.3, -0.25) is 0 Å². The van der Waals surface area contributed by atoms with E-state index in [1.807, 2.05) is 27.0 Å². The lowest BCUT2D eigenvalue weighted by Crippen LogP contribution is -2.26. The average molecular weight is 278 g/mol. The molecule has 0 aromatic rings. The monoisotopic (exact) mass is 277 g/mol. The Bertz CT molecular complexity index is 164. The van der Waals surface area contributed by atoms with Gasteiger partial charge < -0.3 is 5.73 Å². The maximum atomic E-state index is 5.79. The Hall–Kier alpha value is 0.400. The molecule has 0 radical (unpaired) electrons. The van der Waals surface area contributed by atoms with Gasteiger partial charge in [-0.25, -0.2) is 0 Å². The van der Waals surface area contributed by atoms with Gasteiger partial charge in [0.2, 0.25) is 0 Å². The fraction of sp³-hybridized carbons (Fsp3) is 0.929. The summed E-state index contributed by atoms with van der Waals surface area (Å²) in [4.78, 5) is 0. The summed E-state index contributed by atoms with van der Waals surface area (Å²) in [6.07, 6.45) is 10.0. The van der Waals surface area contributed by atoms with Crippen molar-refractivity contribution in [3.05, 3.63) is 0 Å². The van der Waals surface area contributed by atoms with E-state index in [1.54, 1.807) is 11.8 Å². The van der Waals surface area contributed by atoms with Crippen LogP contribution in [0.25, 0.3) is 0 Å². The summed E-state index contributed by atoms with van der Waals surface area (Å²) in [5.74, 6) is 1.00. The molecule has 1 aliphatic carbocycles. The van der Waals surface area contributed by atoms with Gasteiger partial charge in [0.05, 0.1) is 0 Å². The molecule has 1 aliphatic rings. The van der Waals surface area contributed by atoms with Crippen LogP contribution < -0.4 is 5.73 Å². The third-order valence-electron chi connectivity index (χ3n) is 2.88. The molecule has 3 heteroatoms. The number of hydrogen-bond acceptors (Lipinski definition) is 3. The summed E-state index contributed by atoms with van der Waals surface area (Å²) in [5.41, 5.74) is 5.79. The minimum Gasteiger partial charge on any atom is -0.328 e. The first-order valence-corrected chi connectivity index (χ1v) is 8.53. The lowest BCUT2D eigenvalue weighted by atomic mass is 9.84. The first-order valence-electron chi connectivity index (χ1n) is 6.90. The number of thioether (sulfide) groups is 1. The van der Waals surface area contributed by atoms with Crippen LogP contribution in [0, 0.1) is 5.92 Å². The Morgan fingerprint density at radius 1 is 1.24 bits per heavy atom. The molecule has 1 rings (SSSR count). The zero-order chi connectivity index (χ0) is 13.7. The van der Waals surface area contributed by atoms with Crippen LogP contribution in [0.1, 0.15) is 66.2 Å². The van der Waals surface area contributed by atoms with E-state index in [2.05, 4.69) is 19.1 Å². The highest BCUT2D eigenvalue weighted by Gasteiger charge is 2.16. The molecule has 0 aromatic heterocycles. The number of nitrogens with two attached hydrogens (primary N) is 1. The second-order valence-corrected chi connectivity index (χ2v) is 6.16. The molecule has 0 spiro atoms. The van der Waals surface area contributed by atoms with E-state index in [-0.39, 0.29) is 0 Å². The second kappa shape index (κ2) is 14.5. The Labute approximate surface area is 118 Å². The summed E-state index contributed by atoms with van der Waals surface area (Å²) in [7, 11) is 0. The van der Waals surface area contributed by atoms with E-state index < -0.39 is 0 Å². The fourth-order valence-corrected chi connectivity index (χ4v) is 1.89. The molecular weight excluding hydrogens is 246 g/mol. The first-order chi connectivity index (χ1) is 8.10. The predicted octanol–water partition coefficient (Wildman–Crippen LogP) is 5.03. The van der Waals surface area contributed by atoms with Crippen LogP contribution in [0.5, 0.6) is 0 Å². The van der Waals surface area contributed by atoms with Crippen LogP contribution in [0.4, 0.5) is 0 Å². The highest BCUT2D eigenvalue weighted by Crippen LogP contribution is 2.26. The van der Waals surface area contributed by atoms with Crippen LogP contribution in [-0.4, -0.2) is 16.5 Å². The fourth-order valence-electron chi connectivity index (χ4n) is 1.89. The van der Waals surface area contributed by atoms with E-state index >= 15 is 0 Å². The van der Waals surface area contributed by atoms with Gasteiger partial charge in [-0.15, -0.1) is 11.8 Å². The molecule has 0 amide bonds. The van der Waals surface area contributed by atoms with Gasteiger partial charge >= 0.3 is 0 Å². The molecule has 0 aromatic carbocycles. The normalized spacial score (nSPS) is 22.7. The third-order valence-corrected chi connectivity index (χ3v) is 3.95. The van der Waals surface area contributed by atoms with E-state index in [0.29, 0.717) is 6.04 Å². The van der Waals surface area contributed by atoms with Crippen molar-refractivity contribution in [3.63, 3.8) is 0 Å². The van der Waals surface area contributed by atoms with Gasteiger partial charge in [0, 0.05) is 10.2 Å². The molecule has 17 heavy (non-hydrogen) atoms. The van der Waals surface area contributed by atoms with Crippen molar-refractivity contribution in [3.8, 4) is 0 Å². The van der Waals surface area contributed by atoms with Crippen molar-refractivity contribution in [1.29, 1.82) is 0 Å². The van der Waals surface area contributed by atoms with Crippen molar-refractivity contribution < 1.29 is 0 Å². The Balaban J connectivity index is 0. The average Bonchev–Trinajstić information content (AvgIpc) is 2.36. The summed E-state index contributed by atoms with van der Waals surface area (Å²) in [5, 5.41) is 0. The number of hydrogen-bond donors (Lipinski definition) is 1. The van der Waals surface area contributed by atoms with Crippen molar-refractivity contribution in [2.45, 2.75) is 72.3 Å². The molecule has 2 N–H and O–H groups in total. The third kappa shape index (κ3) is 14.3. The van der Waals surface area contributed by atoms with E-state index in [4.69, 9.17) is 5.73 Å².